The molecule has 94 valence electrons. The summed E-state index contributed by atoms with van der Waals surface area (Å²) in [6.45, 7) is 6.70. The lowest BCUT2D eigenvalue weighted by Gasteiger charge is -2.25. The van der Waals surface area contributed by atoms with E-state index in [2.05, 4.69) is 4.90 Å². The summed E-state index contributed by atoms with van der Waals surface area (Å²) >= 11 is 0. The molecule has 1 N–H and O–H groups in total. The van der Waals surface area contributed by atoms with Gasteiger partial charge in [-0.2, -0.15) is 0 Å². The van der Waals surface area contributed by atoms with E-state index in [9.17, 15) is 5.11 Å². The lowest BCUT2D eigenvalue weighted by atomic mass is 10.0. The number of aliphatic hydroxyl groups excluding tert-OH is 1. The molecule has 2 saturated heterocycles. The van der Waals surface area contributed by atoms with Crippen LogP contribution in [0.25, 0.3) is 0 Å². The highest BCUT2D eigenvalue weighted by atomic mass is 16.7. The van der Waals surface area contributed by atoms with E-state index >= 15 is 0 Å². The minimum Gasteiger partial charge on any atom is -0.393 e. The molecule has 0 saturated carbocycles. The van der Waals surface area contributed by atoms with Crippen LogP contribution >= 0.6 is 0 Å². The zero-order valence-electron chi connectivity index (χ0n) is 10.1. The SMILES string of the molecule is CC(O)C1CCN(CCC2OCCCO2)C1. The van der Waals surface area contributed by atoms with E-state index in [0.29, 0.717) is 5.92 Å². The minimum absolute atomic E-state index is 0.000602. The standard InChI is InChI=1S/C12H23NO3/c1-10(14)11-3-5-13(9-11)6-4-12-15-7-2-8-16-12/h10-12,14H,2-9H2,1H3. The lowest BCUT2D eigenvalue weighted by molar-refractivity contribution is -0.182. The Morgan fingerprint density at radius 1 is 1.38 bits per heavy atom. The first-order valence-corrected chi connectivity index (χ1v) is 6.39. The van der Waals surface area contributed by atoms with E-state index in [1.807, 2.05) is 6.92 Å². The summed E-state index contributed by atoms with van der Waals surface area (Å²) in [7, 11) is 0. The molecule has 16 heavy (non-hydrogen) atoms. The molecular formula is C12H23NO3. The van der Waals surface area contributed by atoms with E-state index in [-0.39, 0.29) is 12.4 Å². The van der Waals surface area contributed by atoms with Gasteiger partial charge in [0.2, 0.25) is 0 Å². The minimum atomic E-state index is -0.174. The van der Waals surface area contributed by atoms with Crippen molar-refractivity contribution in [2.75, 3.05) is 32.8 Å². The number of aliphatic hydroxyl groups is 1. The largest absolute Gasteiger partial charge is 0.393 e. The summed E-state index contributed by atoms with van der Waals surface area (Å²) in [6, 6.07) is 0. The van der Waals surface area contributed by atoms with E-state index in [0.717, 1.165) is 52.1 Å². The van der Waals surface area contributed by atoms with Gasteiger partial charge in [0.1, 0.15) is 0 Å². The van der Waals surface area contributed by atoms with Gasteiger partial charge in [-0.15, -0.1) is 0 Å². The van der Waals surface area contributed by atoms with Crippen LogP contribution in [0.1, 0.15) is 26.2 Å². The Kier molecular flexibility index (Phi) is 4.58. The van der Waals surface area contributed by atoms with Crippen molar-refractivity contribution in [3.05, 3.63) is 0 Å². The Labute approximate surface area is 97.5 Å². The second kappa shape index (κ2) is 5.96. The molecule has 0 bridgehead atoms. The van der Waals surface area contributed by atoms with Gasteiger partial charge in [-0.1, -0.05) is 0 Å². The zero-order chi connectivity index (χ0) is 11.4. The van der Waals surface area contributed by atoms with Gasteiger partial charge in [0.05, 0.1) is 19.3 Å². The second-order valence-corrected chi connectivity index (χ2v) is 4.90. The number of rotatable bonds is 4. The van der Waals surface area contributed by atoms with Crippen LogP contribution in [-0.2, 0) is 9.47 Å². The molecule has 0 aromatic heterocycles. The molecule has 2 fully saturated rings. The van der Waals surface area contributed by atoms with Gasteiger partial charge in [0, 0.05) is 19.5 Å². The summed E-state index contributed by atoms with van der Waals surface area (Å²) in [5.41, 5.74) is 0. The number of ether oxygens (including phenoxy) is 2. The highest BCUT2D eigenvalue weighted by Crippen LogP contribution is 2.20. The van der Waals surface area contributed by atoms with Gasteiger partial charge < -0.3 is 19.5 Å². The smallest absolute Gasteiger partial charge is 0.158 e. The highest BCUT2D eigenvalue weighted by molar-refractivity contribution is 4.78. The van der Waals surface area contributed by atoms with Crippen LogP contribution in [0.15, 0.2) is 0 Å². The van der Waals surface area contributed by atoms with Crippen LogP contribution in [0.4, 0.5) is 0 Å². The maximum Gasteiger partial charge on any atom is 0.158 e. The Balaban J connectivity index is 1.63. The van der Waals surface area contributed by atoms with Gasteiger partial charge in [-0.25, -0.2) is 0 Å². The van der Waals surface area contributed by atoms with Crippen LogP contribution in [0.2, 0.25) is 0 Å². The Hall–Kier alpha value is -0.160. The van der Waals surface area contributed by atoms with E-state index in [4.69, 9.17) is 9.47 Å². The Bertz CT molecular complexity index is 204. The van der Waals surface area contributed by atoms with Crippen LogP contribution in [0, 0.1) is 5.92 Å². The highest BCUT2D eigenvalue weighted by Gasteiger charge is 2.26. The number of likely N-dealkylation sites (tertiary alicyclic amines) is 1. The first-order chi connectivity index (χ1) is 7.75. The molecule has 2 rings (SSSR count). The van der Waals surface area contributed by atoms with Crippen molar-refractivity contribution in [1.29, 1.82) is 0 Å². The topological polar surface area (TPSA) is 41.9 Å². The summed E-state index contributed by atoms with van der Waals surface area (Å²) in [5.74, 6) is 0.452. The summed E-state index contributed by atoms with van der Waals surface area (Å²) in [5, 5.41) is 9.51. The van der Waals surface area contributed by atoms with E-state index < -0.39 is 0 Å². The average molecular weight is 229 g/mol. The monoisotopic (exact) mass is 229 g/mol. The molecule has 0 amide bonds. The third-order valence-corrected chi connectivity index (χ3v) is 3.57. The molecule has 2 unspecified atom stereocenters. The average Bonchev–Trinajstić information content (AvgIpc) is 2.76. The molecule has 0 aliphatic carbocycles. The van der Waals surface area contributed by atoms with Crippen LogP contribution < -0.4 is 0 Å². The predicted octanol–water partition coefficient (Wildman–Crippen LogP) is 0.842. The lowest BCUT2D eigenvalue weighted by Crippen LogP contribution is -2.31. The Morgan fingerprint density at radius 3 is 2.75 bits per heavy atom. The van der Waals surface area contributed by atoms with Gasteiger partial charge in [-0.3, -0.25) is 0 Å². The normalized spacial score (nSPS) is 30.8. The molecule has 0 aromatic carbocycles. The predicted molar refractivity (Wildman–Crippen MR) is 61.2 cm³/mol. The van der Waals surface area contributed by atoms with Crippen molar-refractivity contribution in [3.63, 3.8) is 0 Å². The quantitative estimate of drug-likeness (QED) is 0.776. The zero-order valence-corrected chi connectivity index (χ0v) is 10.1. The molecule has 0 radical (unpaired) electrons. The van der Waals surface area contributed by atoms with Crippen molar-refractivity contribution in [1.82, 2.24) is 4.90 Å². The third kappa shape index (κ3) is 3.42. The van der Waals surface area contributed by atoms with Crippen LogP contribution in [0.5, 0.6) is 0 Å². The van der Waals surface area contributed by atoms with Crippen molar-refractivity contribution in [2.45, 2.75) is 38.6 Å². The van der Waals surface area contributed by atoms with Crippen molar-refractivity contribution < 1.29 is 14.6 Å². The molecule has 2 aliphatic rings. The molecular weight excluding hydrogens is 206 g/mol. The number of hydrogen-bond donors (Lipinski definition) is 1. The van der Waals surface area contributed by atoms with Crippen molar-refractivity contribution in [2.24, 2.45) is 5.92 Å². The third-order valence-electron chi connectivity index (χ3n) is 3.57. The van der Waals surface area contributed by atoms with Gasteiger partial charge in [0.15, 0.2) is 6.29 Å². The number of hydrogen-bond acceptors (Lipinski definition) is 4. The number of nitrogens with zero attached hydrogens (tertiary/aromatic N) is 1. The van der Waals surface area contributed by atoms with Gasteiger partial charge >= 0.3 is 0 Å². The second-order valence-electron chi connectivity index (χ2n) is 4.90. The summed E-state index contributed by atoms with van der Waals surface area (Å²) in [4.78, 5) is 2.40. The fourth-order valence-corrected chi connectivity index (χ4v) is 2.45. The summed E-state index contributed by atoms with van der Waals surface area (Å²) in [6.07, 6.45) is 2.91. The van der Waals surface area contributed by atoms with Crippen LogP contribution in [-0.4, -0.2) is 55.2 Å². The molecule has 2 atom stereocenters. The van der Waals surface area contributed by atoms with Crippen molar-refractivity contribution >= 4 is 0 Å². The van der Waals surface area contributed by atoms with Gasteiger partial charge in [-0.05, 0) is 32.2 Å². The molecule has 2 aliphatic heterocycles. The van der Waals surface area contributed by atoms with E-state index in [1.165, 1.54) is 0 Å². The fraction of sp³-hybridized carbons (Fsp3) is 1.00. The molecule has 0 spiro atoms. The van der Waals surface area contributed by atoms with Crippen molar-refractivity contribution in [3.8, 4) is 0 Å². The summed E-state index contributed by atoms with van der Waals surface area (Å²) < 4.78 is 11.0. The first kappa shape index (κ1) is 12.3. The maximum atomic E-state index is 9.51. The molecule has 4 nitrogen and oxygen atoms in total. The molecule has 0 aromatic rings. The Morgan fingerprint density at radius 2 is 2.12 bits per heavy atom. The maximum absolute atomic E-state index is 9.51. The molecule has 4 heteroatoms. The van der Waals surface area contributed by atoms with E-state index in [1.54, 1.807) is 0 Å². The molecule has 2 heterocycles. The van der Waals surface area contributed by atoms with Gasteiger partial charge in [0.25, 0.3) is 0 Å². The first-order valence-electron chi connectivity index (χ1n) is 6.39. The fourth-order valence-electron chi connectivity index (χ4n) is 2.45. The van der Waals surface area contributed by atoms with Crippen LogP contribution in [0.3, 0.4) is 0 Å².